The van der Waals surface area contributed by atoms with Gasteiger partial charge in [-0.25, -0.2) is 17.4 Å². The minimum absolute atomic E-state index is 0.0125. The lowest BCUT2D eigenvalue weighted by Gasteiger charge is -2.31. The van der Waals surface area contributed by atoms with E-state index in [0.717, 1.165) is 35.6 Å². The van der Waals surface area contributed by atoms with Crippen LogP contribution in [0.4, 0.5) is 5.69 Å². The van der Waals surface area contributed by atoms with Crippen LogP contribution in [0.3, 0.4) is 0 Å². The van der Waals surface area contributed by atoms with E-state index >= 15 is 0 Å². The predicted octanol–water partition coefficient (Wildman–Crippen LogP) is 4.30. The van der Waals surface area contributed by atoms with Crippen molar-refractivity contribution in [1.82, 2.24) is 14.7 Å². The van der Waals surface area contributed by atoms with Crippen LogP contribution in [0, 0.1) is 33.6 Å². The number of aromatic nitrogens is 2. The molecule has 0 radical (unpaired) electrons. The highest BCUT2D eigenvalue weighted by molar-refractivity contribution is 7.93. The third-order valence-corrected chi connectivity index (χ3v) is 9.72. The average Bonchev–Trinajstić information content (AvgIpc) is 3.06. The number of benzene rings is 2. The molecule has 0 spiro atoms. The Balaban J connectivity index is 1.86. The second-order valence-electron chi connectivity index (χ2n) is 10.6. The zero-order valence-corrected chi connectivity index (χ0v) is 23.9. The first-order chi connectivity index (χ1) is 17.9. The molecule has 3 aromatic rings. The molecular weight excluding hydrogens is 500 g/mol. The van der Waals surface area contributed by atoms with Gasteiger partial charge in [-0.1, -0.05) is 55.7 Å². The van der Waals surface area contributed by atoms with Gasteiger partial charge in [0.1, 0.15) is 12.2 Å². The van der Waals surface area contributed by atoms with Crippen LogP contribution in [0.25, 0.3) is 5.69 Å². The molecule has 4 rings (SSSR count). The fraction of sp³-hybridized carbons (Fsp3) is 0.448. The summed E-state index contributed by atoms with van der Waals surface area (Å²) in [4.78, 5) is 27.4. The fourth-order valence-corrected chi connectivity index (χ4v) is 7.61. The number of hydrogen-bond acceptors (Lipinski definition) is 4. The van der Waals surface area contributed by atoms with E-state index in [-0.39, 0.29) is 16.6 Å². The van der Waals surface area contributed by atoms with Crippen molar-refractivity contribution >= 4 is 21.6 Å². The molecule has 204 valence electrons. The Morgan fingerprint density at radius 1 is 1.03 bits per heavy atom. The fourth-order valence-electron chi connectivity index (χ4n) is 5.72. The second kappa shape index (κ2) is 10.8. The second-order valence-corrected chi connectivity index (χ2v) is 12.4. The first-order valence-electron chi connectivity index (χ1n) is 13.2. The zero-order valence-electron chi connectivity index (χ0n) is 23.1. The smallest absolute Gasteiger partial charge is 0.296 e. The van der Waals surface area contributed by atoms with Crippen LogP contribution in [0.15, 0.2) is 52.2 Å². The normalized spacial score (nSPS) is 17.8. The van der Waals surface area contributed by atoms with Gasteiger partial charge in [-0.15, -0.1) is 0 Å². The number of carbonyl (C=O) groups excluding carboxylic acids is 1. The van der Waals surface area contributed by atoms with E-state index < -0.39 is 28.0 Å². The topological polar surface area (TPSA) is 93.4 Å². The van der Waals surface area contributed by atoms with Crippen molar-refractivity contribution < 1.29 is 13.2 Å². The summed E-state index contributed by atoms with van der Waals surface area (Å²) in [5, 5.41) is 3.06. The summed E-state index contributed by atoms with van der Waals surface area (Å²) < 4.78 is 32.7. The summed E-state index contributed by atoms with van der Waals surface area (Å²) in [6.07, 6.45) is 4.04. The Hall–Kier alpha value is -3.33. The van der Waals surface area contributed by atoms with Crippen molar-refractivity contribution in [3.63, 3.8) is 0 Å². The third kappa shape index (κ3) is 5.16. The number of anilines is 1. The van der Waals surface area contributed by atoms with Gasteiger partial charge in [0.15, 0.2) is 0 Å². The summed E-state index contributed by atoms with van der Waals surface area (Å²) in [6, 6.07) is 12.7. The Labute approximate surface area is 225 Å². The molecule has 2 atom stereocenters. The number of nitrogens with one attached hydrogen (secondary N) is 1. The maximum Gasteiger partial charge on any atom is 0.296 e. The van der Waals surface area contributed by atoms with Crippen molar-refractivity contribution in [2.75, 3.05) is 10.8 Å². The van der Waals surface area contributed by atoms with Crippen LogP contribution in [-0.2, 0) is 21.9 Å². The predicted molar refractivity (Wildman–Crippen MR) is 150 cm³/mol. The van der Waals surface area contributed by atoms with E-state index in [9.17, 15) is 18.0 Å². The molecule has 0 bridgehead atoms. The summed E-state index contributed by atoms with van der Waals surface area (Å²) in [5.41, 5.74) is 2.62. The number of para-hydroxylation sites is 1. The maximum atomic E-state index is 14.3. The molecule has 1 aliphatic carbocycles. The number of hydrogen-bond donors (Lipinski definition) is 1. The van der Waals surface area contributed by atoms with E-state index in [1.165, 1.54) is 4.68 Å². The quantitative estimate of drug-likeness (QED) is 0.485. The van der Waals surface area contributed by atoms with E-state index in [1.807, 2.05) is 37.3 Å². The number of aryl methyl sites for hydroxylation is 3. The van der Waals surface area contributed by atoms with Gasteiger partial charge in [-0.2, -0.15) is 0 Å². The van der Waals surface area contributed by atoms with Crippen LogP contribution >= 0.6 is 0 Å². The van der Waals surface area contributed by atoms with Crippen LogP contribution in [0.5, 0.6) is 0 Å². The molecular formula is C29H38N4O4S. The van der Waals surface area contributed by atoms with Gasteiger partial charge >= 0.3 is 0 Å². The van der Waals surface area contributed by atoms with Crippen molar-refractivity contribution in [3.8, 4) is 5.69 Å². The van der Waals surface area contributed by atoms with Crippen LogP contribution in [0.2, 0.25) is 0 Å². The van der Waals surface area contributed by atoms with Gasteiger partial charge in [0.2, 0.25) is 5.91 Å². The molecule has 1 N–H and O–H groups in total. The molecule has 1 heterocycles. The van der Waals surface area contributed by atoms with E-state index in [4.69, 9.17) is 0 Å². The molecule has 1 aromatic heterocycles. The van der Waals surface area contributed by atoms with Gasteiger partial charge in [0.05, 0.1) is 16.3 Å². The molecule has 1 amide bonds. The molecule has 9 heteroatoms. The Morgan fingerprint density at radius 2 is 1.63 bits per heavy atom. The lowest BCUT2D eigenvalue weighted by Crippen LogP contribution is -2.48. The third-order valence-electron chi connectivity index (χ3n) is 7.67. The SMILES string of the molecule is Cc1cc(C)c(S(=O)(=O)N(CC(=O)N[C@@H]2CCCC[C@@H]2C)c2c(C)n(C)n(-c3ccccc3)c2=O)c(C)c1. The van der Waals surface area contributed by atoms with Crippen molar-refractivity contribution in [2.24, 2.45) is 13.0 Å². The summed E-state index contributed by atoms with van der Waals surface area (Å²) in [5.74, 6) is -0.100. The molecule has 2 aromatic carbocycles. The van der Waals surface area contributed by atoms with E-state index in [1.54, 1.807) is 44.6 Å². The molecule has 1 saturated carbocycles. The molecule has 38 heavy (non-hydrogen) atoms. The standard InChI is InChI=1S/C29H38N4O4S/c1-19-16-21(3)28(22(4)17-19)38(36,37)32(18-26(34)30-25-15-11-10-12-20(25)2)27-23(5)31(6)33(29(27)35)24-13-8-7-9-14-24/h7-9,13-14,16-17,20,25H,10-12,15,18H2,1-6H3,(H,30,34)/t20-,25+/m0/s1. The molecule has 1 fully saturated rings. The monoisotopic (exact) mass is 538 g/mol. The minimum Gasteiger partial charge on any atom is -0.352 e. The Morgan fingerprint density at radius 3 is 2.24 bits per heavy atom. The van der Waals surface area contributed by atoms with Gasteiger partial charge in [-0.3, -0.25) is 14.3 Å². The molecule has 0 saturated heterocycles. The average molecular weight is 539 g/mol. The highest BCUT2D eigenvalue weighted by atomic mass is 32.2. The highest BCUT2D eigenvalue weighted by Crippen LogP contribution is 2.30. The molecule has 8 nitrogen and oxygen atoms in total. The summed E-state index contributed by atoms with van der Waals surface area (Å²) in [6.45, 7) is 8.73. The van der Waals surface area contributed by atoms with Gasteiger partial charge in [0, 0.05) is 13.1 Å². The minimum atomic E-state index is -4.27. The summed E-state index contributed by atoms with van der Waals surface area (Å²) >= 11 is 0. The van der Waals surface area contributed by atoms with Crippen LogP contribution in [-0.4, -0.2) is 36.3 Å². The highest BCUT2D eigenvalue weighted by Gasteiger charge is 2.36. The number of amides is 1. The molecule has 0 unspecified atom stereocenters. The first-order valence-corrected chi connectivity index (χ1v) is 14.6. The Bertz CT molecular complexity index is 1480. The number of carbonyl (C=O) groups is 1. The zero-order chi connectivity index (χ0) is 27.8. The summed E-state index contributed by atoms with van der Waals surface area (Å²) in [7, 11) is -2.55. The van der Waals surface area contributed by atoms with E-state index in [2.05, 4.69) is 12.2 Å². The maximum absolute atomic E-state index is 14.3. The van der Waals surface area contributed by atoms with Gasteiger partial charge < -0.3 is 5.32 Å². The number of sulfonamides is 1. The van der Waals surface area contributed by atoms with Crippen molar-refractivity contribution in [2.45, 2.75) is 71.2 Å². The van der Waals surface area contributed by atoms with Crippen LogP contribution < -0.4 is 15.2 Å². The van der Waals surface area contributed by atoms with Crippen molar-refractivity contribution in [1.29, 1.82) is 0 Å². The van der Waals surface area contributed by atoms with Gasteiger partial charge in [-0.05, 0) is 69.7 Å². The van der Waals surface area contributed by atoms with Crippen LogP contribution in [0.1, 0.15) is 55.0 Å². The first kappa shape index (κ1) is 27.7. The Kier molecular flexibility index (Phi) is 7.88. The van der Waals surface area contributed by atoms with Gasteiger partial charge in [0.25, 0.3) is 15.6 Å². The number of rotatable bonds is 7. The molecule has 0 aliphatic heterocycles. The lowest BCUT2D eigenvalue weighted by molar-refractivity contribution is -0.120. The lowest BCUT2D eigenvalue weighted by atomic mass is 9.86. The molecule has 1 aliphatic rings. The number of nitrogens with zero attached hydrogens (tertiary/aromatic N) is 3. The largest absolute Gasteiger partial charge is 0.352 e. The van der Waals surface area contributed by atoms with Crippen molar-refractivity contribution in [3.05, 3.63) is 75.2 Å². The van der Waals surface area contributed by atoms with E-state index in [0.29, 0.717) is 28.4 Å².